The van der Waals surface area contributed by atoms with Gasteiger partial charge in [0, 0.05) is 35.4 Å². The molecule has 0 unspecified atom stereocenters. The number of ether oxygens (including phenoxy) is 2. The molecule has 3 aromatic rings. The lowest BCUT2D eigenvalue weighted by molar-refractivity contribution is -0.114. The molecule has 1 aromatic heterocycles. The maximum Gasteiger partial charge on any atom is 0.221 e. The van der Waals surface area contributed by atoms with Gasteiger partial charge in [-0.05, 0) is 42.5 Å². The van der Waals surface area contributed by atoms with E-state index in [0.29, 0.717) is 27.8 Å². The Balaban J connectivity index is 1.77. The summed E-state index contributed by atoms with van der Waals surface area (Å²) in [5, 5.41) is 17.8. The fourth-order valence-electron chi connectivity index (χ4n) is 2.68. The van der Waals surface area contributed by atoms with Crippen molar-refractivity contribution in [2.45, 2.75) is 6.92 Å². The van der Waals surface area contributed by atoms with Crippen LogP contribution in [0.2, 0.25) is 0 Å². The van der Waals surface area contributed by atoms with Crippen molar-refractivity contribution >= 4 is 34.2 Å². The van der Waals surface area contributed by atoms with Crippen LogP contribution in [0.1, 0.15) is 11.9 Å². The molecule has 0 saturated carbocycles. The Hall–Kier alpha value is -3.83. The van der Waals surface area contributed by atoms with E-state index in [9.17, 15) is 10.1 Å². The van der Waals surface area contributed by atoms with Crippen molar-refractivity contribution in [2.24, 2.45) is 0 Å². The summed E-state index contributed by atoms with van der Waals surface area (Å²) < 4.78 is 10.6. The number of methoxy groups -OCH3 is 2. The number of hydrogen-bond donors (Lipinski definition) is 2. The molecular formula is C22H20N4O3S. The first-order valence-electron chi connectivity index (χ1n) is 8.96. The first-order valence-corrected chi connectivity index (χ1v) is 9.84. The van der Waals surface area contributed by atoms with E-state index in [4.69, 9.17) is 9.47 Å². The monoisotopic (exact) mass is 420 g/mol. The Kier molecular flexibility index (Phi) is 6.67. The van der Waals surface area contributed by atoms with Crippen molar-refractivity contribution in [3.63, 3.8) is 0 Å². The van der Waals surface area contributed by atoms with Crippen molar-refractivity contribution in [2.75, 3.05) is 24.9 Å². The van der Waals surface area contributed by atoms with Crippen molar-refractivity contribution < 1.29 is 14.3 Å². The third-order valence-corrected chi connectivity index (χ3v) is 5.00. The number of anilines is 2. The molecule has 3 rings (SSSR count). The number of allylic oxidation sites excluding steroid dienone is 1. The van der Waals surface area contributed by atoms with Crippen LogP contribution in [0.5, 0.6) is 11.5 Å². The number of nitrogens with one attached hydrogen (secondary N) is 2. The maximum absolute atomic E-state index is 11.1. The number of hydrogen-bond acceptors (Lipinski definition) is 7. The lowest BCUT2D eigenvalue weighted by atomic mass is 10.1. The highest BCUT2D eigenvalue weighted by molar-refractivity contribution is 7.11. The number of carbonyl (C=O) groups is 1. The standard InChI is InChI=1S/C22H20N4O3S/c1-14(27)25-18-7-5-17(6-8-18)24-12-16(11-23)22-26-19(13-30-22)15-4-9-20(28-2)21(10-15)29-3/h4-10,12-13,24H,1-3H3,(H,25,27). The summed E-state index contributed by atoms with van der Waals surface area (Å²) in [7, 11) is 3.17. The van der Waals surface area contributed by atoms with E-state index in [1.807, 2.05) is 35.7 Å². The molecule has 7 nitrogen and oxygen atoms in total. The van der Waals surface area contributed by atoms with Gasteiger partial charge in [-0.1, -0.05) is 0 Å². The third kappa shape index (κ3) is 4.96. The van der Waals surface area contributed by atoms with Gasteiger partial charge in [0.15, 0.2) is 11.5 Å². The Morgan fingerprint density at radius 3 is 2.43 bits per heavy atom. The summed E-state index contributed by atoms with van der Waals surface area (Å²) in [4.78, 5) is 15.7. The molecule has 0 aliphatic carbocycles. The summed E-state index contributed by atoms with van der Waals surface area (Å²) in [5.74, 6) is 1.13. The molecule has 0 saturated heterocycles. The van der Waals surface area contributed by atoms with Crippen LogP contribution in [0.25, 0.3) is 16.8 Å². The number of rotatable bonds is 7. The average Bonchev–Trinajstić information content (AvgIpc) is 3.24. The molecule has 0 aliphatic rings. The smallest absolute Gasteiger partial charge is 0.221 e. The molecule has 2 aromatic carbocycles. The molecule has 0 atom stereocenters. The first-order chi connectivity index (χ1) is 14.5. The Labute approximate surface area is 178 Å². The Morgan fingerprint density at radius 1 is 1.10 bits per heavy atom. The number of amides is 1. The molecule has 30 heavy (non-hydrogen) atoms. The van der Waals surface area contributed by atoms with Gasteiger partial charge in [-0.2, -0.15) is 5.26 Å². The zero-order valence-electron chi connectivity index (χ0n) is 16.7. The number of nitrogens with zero attached hydrogens (tertiary/aromatic N) is 2. The number of carbonyl (C=O) groups excluding carboxylic acids is 1. The summed E-state index contributed by atoms with van der Waals surface area (Å²) in [6.07, 6.45) is 1.62. The van der Waals surface area contributed by atoms with Gasteiger partial charge in [0.05, 0.1) is 19.9 Å². The molecule has 0 spiro atoms. The highest BCUT2D eigenvalue weighted by atomic mass is 32.1. The van der Waals surface area contributed by atoms with E-state index in [1.54, 1.807) is 32.6 Å². The SMILES string of the molecule is COc1ccc(-c2csc(C(C#N)=CNc3ccc(NC(C)=O)cc3)n2)cc1OC. The number of nitriles is 1. The minimum absolute atomic E-state index is 0.128. The van der Waals surface area contributed by atoms with Gasteiger partial charge in [-0.15, -0.1) is 11.3 Å². The highest BCUT2D eigenvalue weighted by Crippen LogP contribution is 2.33. The van der Waals surface area contributed by atoms with Gasteiger partial charge in [-0.3, -0.25) is 4.79 Å². The summed E-state index contributed by atoms with van der Waals surface area (Å²) >= 11 is 1.38. The Morgan fingerprint density at radius 2 is 1.80 bits per heavy atom. The number of benzene rings is 2. The largest absolute Gasteiger partial charge is 0.493 e. The van der Waals surface area contributed by atoms with E-state index in [-0.39, 0.29) is 5.91 Å². The van der Waals surface area contributed by atoms with Crippen molar-refractivity contribution in [1.29, 1.82) is 5.26 Å². The minimum atomic E-state index is -0.128. The molecule has 152 valence electrons. The lowest BCUT2D eigenvalue weighted by Gasteiger charge is -2.08. The zero-order chi connectivity index (χ0) is 21.5. The van der Waals surface area contributed by atoms with Gasteiger partial charge >= 0.3 is 0 Å². The highest BCUT2D eigenvalue weighted by Gasteiger charge is 2.12. The van der Waals surface area contributed by atoms with Crippen LogP contribution in [-0.2, 0) is 4.79 Å². The molecule has 0 fully saturated rings. The zero-order valence-corrected chi connectivity index (χ0v) is 17.5. The average molecular weight is 420 g/mol. The second-order valence-electron chi connectivity index (χ2n) is 6.18. The van der Waals surface area contributed by atoms with Gasteiger partial charge in [0.25, 0.3) is 0 Å². The van der Waals surface area contributed by atoms with Crippen LogP contribution in [0, 0.1) is 11.3 Å². The molecule has 0 bridgehead atoms. The maximum atomic E-state index is 11.1. The van der Waals surface area contributed by atoms with Crippen molar-refractivity contribution in [3.05, 3.63) is 59.1 Å². The van der Waals surface area contributed by atoms with Gasteiger partial charge in [-0.25, -0.2) is 4.98 Å². The van der Waals surface area contributed by atoms with Crippen LogP contribution in [0.4, 0.5) is 11.4 Å². The normalized spacial score (nSPS) is 10.8. The molecule has 2 N–H and O–H groups in total. The van der Waals surface area contributed by atoms with E-state index >= 15 is 0 Å². The predicted molar refractivity (Wildman–Crippen MR) is 119 cm³/mol. The third-order valence-electron chi connectivity index (χ3n) is 4.12. The first kappa shape index (κ1) is 20.9. The topological polar surface area (TPSA) is 96.3 Å². The molecular weight excluding hydrogens is 400 g/mol. The quantitative estimate of drug-likeness (QED) is 0.535. The van der Waals surface area contributed by atoms with Crippen LogP contribution in [-0.4, -0.2) is 25.1 Å². The van der Waals surface area contributed by atoms with E-state index in [0.717, 1.165) is 16.9 Å². The van der Waals surface area contributed by atoms with E-state index in [1.165, 1.54) is 18.3 Å². The molecule has 1 amide bonds. The van der Waals surface area contributed by atoms with Crippen LogP contribution in [0.15, 0.2) is 54.0 Å². The lowest BCUT2D eigenvalue weighted by Crippen LogP contribution is -2.05. The van der Waals surface area contributed by atoms with Crippen LogP contribution >= 0.6 is 11.3 Å². The summed E-state index contributed by atoms with van der Waals surface area (Å²) in [5.41, 5.74) is 3.52. The number of aromatic nitrogens is 1. The predicted octanol–water partition coefficient (Wildman–Crippen LogP) is 4.76. The minimum Gasteiger partial charge on any atom is -0.493 e. The van der Waals surface area contributed by atoms with Gasteiger partial charge < -0.3 is 20.1 Å². The number of thiazole rings is 1. The second kappa shape index (κ2) is 9.58. The summed E-state index contributed by atoms with van der Waals surface area (Å²) in [6, 6.07) is 14.9. The van der Waals surface area contributed by atoms with Crippen LogP contribution in [0.3, 0.4) is 0 Å². The summed E-state index contributed by atoms with van der Waals surface area (Å²) in [6.45, 7) is 1.46. The molecule has 0 radical (unpaired) electrons. The van der Waals surface area contributed by atoms with Crippen molar-refractivity contribution in [1.82, 2.24) is 4.98 Å². The van der Waals surface area contributed by atoms with Gasteiger partial charge in [0.1, 0.15) is 16.6 Å². The molecule has 8 heteroatoms. The molecule has 1 heterocycles. The fraction of sp³-hybridized carbons (Fsp3) is 0.136. The van der Waals surface area contributed by atoms with Crippen LogP contribution < -0.4 is 20.1 Å². The van der Waals surface area contributed by atoms with E-state index < -0.39 is 0 Å². The van der Waals surface area contributed by atoms with Gasteiger partial charge in [0.2, 0.25) is 5.91 Å². The van der Waals surface area contributed by atoms with E-state index in [2.05, 4.69) is 21.7 Å². The fourth-order valence-corrected chi connectivity index (χ4v) is 3.47. The van der Waals surface area contributed by atoms with Crippen molar-refractivity contribution in [3.8, 4) is 28.8 Å². The Bertz CT molecular complexity index is 1110. The second-order valence-corrected chi connectivity index (χ2v) is 7.04. The molecule has 0 aliphatic heterocycles.